The summed E-state index contributed by atoms with van der Waals surface area (Å²) in [6, 6.07) is 0. The van der Waals surface area contributed by atoms with Gasteiger partial charge in [0.05, 0.1) is 19.3 Å². The van der Waals surface area contributed by atoms with Crippen LogP contribution in [0.2, 0.25) is 0 Å². The van der Waals surface area contributed by atoms with Gasteiger partial charge in [-0.25, -0.2) is 0 Å². The number of allylic oxidation sites excluding steroid dienone is 1. The summed E-state index contributed by atoms with van der Waals surface area (Å²) in [6.45, 7) is 4.65. The molecule has 0 amide bonds. The monoisotopic (exact) mass is 186 g/mol. The van der Waals surface area contributed by atoms with E-state index in [1.165, 1.54) is 0 Å². The fourth-order valence-electron chi connectivity index (χ4n) is 1.38. The normalized spacial score (nSPS) is 27.2. The molecule has 0 aromatic heterocycles. The van der Waals surface area contributed by atoms with Gasteiger partial charge in [-0.15, -0.1) is 0 Å². The molecule has 0 aliphatic carbocycles. The molecular weight excluding hydrogens is 168 g/mol. The van der Waals surface area contributed by atoms with Gasteiger partial charge in [-0.2, -0.15) is 0 Å². The SMILES string of the molecule is CC1(C)OC[C@H](CCC=CCO)O1. The van der Waals surface area contributed by atoms with Gasteiger partial charge in [0.15, 0.2) is 5.79 Å². The van der Waals surface area contributed by atoms with Crippen LogP contribution in [0.25, 0.3) is 0 Å². The van der Waals surface area contributed by atoms with Crippen LogP contribution in [0.15, 0.2) is 12.2 Å². The minimum Gasteiger partial charge on any atom is -0.392 e. The maximum atomic E-state index is 8.50. The number of ether oxygens (including phenoxy) is 2. The summed E-state index contributed by atoms with van der Waals surface area (Å²) in [7, 11) is 0. The molecule has 1 aliphatic rings. The summed E-state index contributed by atoms with van der Waals surface area (Å²) >= 11 is 0. The van der Waals surface area contributed by atoms with Gasteiger partial charge >= 0.3 is 0 Å². The summed E-state index contributed by atoms with van der Waals surface area (Å²) < 4.78 is 11.0. The van der Waals surface area contributed by atoms with E-state index in [-0.39, 0.29) is 12.7 Å². The van der Waals surface area contributed by atoms with Gasteiger partial charge in [0.2, 0.25) is 0 Å². The first-order valence-corrected chi connectivity index (χ1v) is 4.72. The molecule has 0 saturated carbocycles. The van der Waals surface area contributed by atoms with Crippen molar-refractivity contribution in [2.75, 3.05) is 13.2 Å². The Morgan fingerprint density at radius 1 is 1.46 bits per heavy atom. The van der Waals surface area contributed by atoms with Crippen LogP contribution in [0, 0.1) is 0 Å². The highest BCUT2D eigenvalue weighted by molar-refractivity contribution is 4.83. The van der Waals surface area contributed by atoms with Crippen LogP contribution in [0.3, 0.4) is 0 Å². The summed E-state index contributed by atoms with van der Waals surface area (Å²) in [5.74, 6) is -0.411. The number of aliphatic hydroxyl groups is 1. The van der Waals surface area contributed by atoms with E-state index >= 15 is 0 Å². The topological polar surface area (TPSA) is 38.7 Å². The highest BCUT2D eigenvalue weighted by Crippen LogP contribution is 2.24. The Morgan fingerprint density at radius 2 is 2.23 bits per heavy atom. The summed E-state index contributed by atoms with van der Waals surface area (Å²) in [5, 5.41) is 8.50. The molecule has 1 fully saturated rings. The number of hydrogen-bond acceptors (Lipinski definition) is 3. The molecule has 13 heavy (non-hydrogen) atoms. The van der Waals surface area contributed by atoms with E-state index in [1.54, 1.807) is 6.08 Å². The third-order valence-electron chi connectivity index (χ3n) is 1.99. The minimum absolute atomic E-state index is 0.119. The lowest BCUT2D eigenvalue weighted by Crippen LogP contribution is -2.21. The number of rotatable bonds is 4. The van der Waals surface area contributed by atoms with E-state index in [1.807, 2.05) is 19.9 Å². The Labute approximate surface area is 79.3 Å². The van der Waals surface area contributed by atoms with Crippen molar-refractivity contribution >= 4 is 0 Å². The smallest absolute Gasteiger partial charge is 0.163 e. The van der Waals surface area contributed by atoms with Gasteiger partial charge in [-0.1, -0.05) is 12.2 Å². The molecule has 0 aromatic carbocycles. The van der Waals surface area contributed by atoms with Gasteiger partial charge in [0.1, 0.15) is 0 Å². The predicted molar refractivity (Wildman–Crippen MR) is 50.4 cm³/mol. The van der Waals surface area contributed by atoms with Gasteiger partial charge in [-0.05, 0) is 26.7 Å². The quantitative estimate of drug-likeness (QED) is 0.676. The zero-order valence-electron chi connectivity index (χ0n) is 8.32. The van der Waals surface area contributed by atoms with Crippen LogP contribution in [-0.4, -0.2) is 30.2 Å². The maximum Gasteiger partial charge on any atom is 0.163 e. The predicted octanol–water partition coefficient (Wildman–Crippen LogP) is 1.47. The Morgan fingerprint density at radius 3 is 2.77 bits per heavy atom. The van der Waals surface area contributed by atoms with Crippen LogP contribution in [0.5, 0.6) is 0 Å². The van der Waals surface area contributed by atoms with Crippen molar-refractivity contribution in [3.8, 4) is 0 Å². The van der Waals surface area contributed by atoms with Gasteiger partial charge in [-0.3, -0.25) is 0 Å². The van der Waals surface area contributed by atoms with Crippen molar-refractivity contribution in [2.45, 2.75) is 38.6 Å². The lowest BCUT2D eigenvalue weighted by atomic mass is 10.2. The summed E-state index contributed by atoms with van der Waals surface area (Å²) in [4.78, 5) is 0. The number of aliphatic hydroxyl groups excluding tert-OH is 1. The largest absolute Gasteiger partial charge is 0.392 e. The van der Waals surface area contributed by atoms with E-state index in [2.05, 4.69) is 0 Å². The molecule has 1 atom stereocenters. The molecule has 1 rings (SSSR count). The standard InChI is InChI=1S/C10H18O3/c1-10(2)12-8-9(13-10)6-4-3-5-7-11/h3,5,9,11H,4,6-8H2,1-2H3/t9-/m0/s1. The highest BCUT2D eigenvalue weighted by atomic mass is 16.7. The average Bonchev–Trinajstić information content (AvgIpc) is 2.40. The molecule has 0 radical (unpaired) electrons. The molecule has 0 spiro atoms. The zero-order chi connectivity index (χ0) is 9.73. The first kappa shape index (κ1) is 10.7. The van der Waals surface area contributed by atoms with E-state index < -0.39 is 5.79 Å². The Kier molecular flexibility index (Phi) is 3.90. The summed E-state index contributed by atoms with van der Waals surface area (Å²) in [6.07, 6.45) is 5.82. The van der Waals surface area contributed by atoms with Crippen molar-refractivity contribution in [1.29, 1.82) is 0 Å². The van der Waals surface area contributed by atoms with Crippen LogP contribution >= 0.6 is 0 Å². The third-order valence-corrected chi connectivity index (χ3v) is 1.99. The highest BCUT2D eigenvalue weighted by Gasteiger charge is 2.31. The Hall–Kier alpha value is -0.380. The van der Waals surface area contributed by atoms with Crippen molar-refractivity contribution in [3.63, 3.8) is 0 Å². The first-order valence-electron chi connectivity index (χ1n) is 4.72. The van der Waals surface area contributed by atoms with Crippen LogP contribution in [0.1, 0.15) is 26.7 Å². The molecule has 1 saturated heterocycles. The fraction of sp³-hybridized carbons (Fsp3) is 0.800. The average molecular weight is 186 g/mol. The Bertz CT molecular complexity index is 175. The fourth-order valence-corrected chi connectivity index (χ4v) is 1.38. The van der Waals surface area contributed by atoms with E-state index in [9.17, 15) is 0 Å². The van der Waals surface area contributed by atoms with E-state index in [0.29, 0.717) is 6.61 Å². The zero-order valence-corrected chi connectivity index (χ0v) is 8.32. The minimum atomic E-state index is -0.411. The second kappa shape index (κ2) is 4.74. The Balaban J connectivity index is 2.14. The number of hydrogen-bond donors (Lipinski definition) is 1. The molecule has 1 heterocycles. The molecule has 3 nitrogen and oxygen atoms in total. The third kappa shape index (κ3) is 3.89. The van der Waals surface area contributed by atoms with Crippen molar-refractivity contribution < 1.29 is 14.6 Å². The van der Waals surface area contributed by atoms with Gasteiger partial charge < -0.3 is 14.6 Å². The molecule has 0 unspecified atom stereocenters. The molecular formula is C10H18O3. The summed E-state index contributed by atoms with van der Waals surface area (Å²) in [5.41, 5.74) is 0. The molecule has 1 aliphatic heterocycles. The van der Waals surface area contributed by atoms with Crippen LogP contribution in [0.4, 0.5) is 0 Å². The lowest BCUT2D eigenvalue weighted by Gasteiger charge is -2.16. The van der Waals surface area contributed by atoms with Crippen LogP contribution < -0.4 is 0 Å². The van der Waals surface area contributed by atoms with Crippen molar-refractivity contribution in [2.24, 2.45) is 0 Å². The van der Waals surface area contributed by atoms with Crippen molar-refractivity contribution in [1.82, 2.24) is 0 Å². The molecule has 3 heteroatoms. The van der Waals surface area contributed by atoms with Crippen molar-refractivity contribution in [3.05, 3.63) is 12.2 Å². The second-order valence-corrected chi connectivity index (χ2v) is 3.68. The van der Waals surface area contributed by atoms with Gasteiger partial charge in [0, 0.05) is 0 Å². The molecule has 76 valence electrons. The first-order chi connectivity index (χ1) is 6.14. The molecule has 0 bridgehead atoms. The van der Waals surface area contributed by atoms with E-state index in [0.717, 1.165) is 12.8 Å². The van der Waals surface area contributed by atoms with Gasteiger partial charge in [0.25, 0.3) is 0 Å². The van der Waals surface area contributed by atoms with E-state index in [4.69, 9.17) is 14.6 Å². The second-order valence-electron chi connectivity index (χ2n) is 3.68. The van der Waals surface area contributed by atoms with Crippen LogP contribution in [-0.2, 0) is 9.47 Å². The maximum absolute atomic E-state index is 8.50. The molecule has 0 aromatic rings. The lowest BCUT2D eigenvalue weighted by molar-refractivity contribution is -0.138. The molecule has 1 N–H and O–H groups in total.